The number of hydrogen-bond acceptors (Lipinski definition) is 3. The molecule has 0 bridgehead atoms. The molecule has 0 amide bonds. The van der Waals surface area contributed by atoms with Gasteiger partial charge in [0.05, 0.1) is 16.7 Å². The van der Waals surface area contributed by atoms with Crippen LogP contribution in [0.3, 0.4) is 0 Å². The Hall–Kier alpha value is -1.59. The van der Waals surface area contributed by atoms with Crippen molar-refractivity contribution in [2.75, 3.05) is 11.1 Å². The Labute approximate surface area is 176 Å². The van der Waals surface area contributed by atoms with E-state index in [1.807, 2.05) is 12.1 Å². The number of sulfone groups is 1. The molecule has 2 aliphatic rings. The van der Waals surface area contributed by atoms with Crippen molar-refractivity contribution in [1.82, 2.24) is 0 Å². The van der Waals surface area contributed by atoms with Gasteiger partial charge in [0.15, 0.2) is 9.84 Å². The van der Waals surface area contributed by atoms with E-state index < -0.39 is 9.84 Å². The summed E-state index contributed by atoms with van der Waals surface area (Å²) in [7, 11) is -3.22. The summed E-state index contributed by atoms with van der Waals surface area (Å²) in [5, 5.41) is 3.68. The summed E-state index contributed by atoms with van der Waals surface area (Å²) >= 11 is 3.51. The first-order chi connectivity index (χ1) is 13.5. The van der Waals surface area contributed by atoms with E-state index in [-0.39, 0.29) is 17.7 Å². The van der Waals surface area contributed by atoms with E-state index in [9.17, 15) is 8.42 Å². The molecule has 1 N–H and O–H groups in total. The Kier molecular flexibility index (Phi) is 5.66. The molecule has 0 unspecified atom stereocenters. The number of nitrogens with one attached hydrogen (secondary N) is 1. The van der Waals surface area contributed by atoms with Gasteiger partial charge in [-0.2, -0.15) is 0 Å². The quantitative estimate of drug-likeness (QED) is 0.410. The Morgan fingerprint density at radius 1 is 1.11 bits per heavy atom. The molecule has 28 heavy (non-hydrogen) atoms. The minimum atomic E-state index is -3.22. The van der Waals surface area contributed by atoms with E-state index in [1.165, 1.54) is 5.56 Å². The molecule has 3 nitrogen and oxygen atoms in total. The first kappa shape index (κ1) is 19.7. The van der Waals surface area contributed by atoms with Gasteiger partial charge in [0.2, 0.25) is 0 Å². The summed E-state index contributed by atoms with van der Waals surface area (Å²) in [6.45, 7) is 2.09. The van der Waals surface area contributed by atoms with Gasteiger partial charge in [0.25, 0.3) is 0 Å². The lowest BCUT2D eigenvalue weighted by atomic mass is 9.77. The minimum Gasteiger partial charge on any atom is -0.378 e. The molecule has 0 aromatic heterocycles. The van der Waals surface area contributed by atoms with Gasteiger partial charge in [0.1, 0.15) is 0 Å². The second-order valence-corrected chi connectivity index (χ2v) is 10.8. The van der Waals surface area contributed by atoms with Crippen LogP contribution in [0.15, 0.2) is 64.0 Å². The fraction of sp³-hybridized carbons (Fsp3) is 0.391. The van der Waals surface area contributed by atoms with E-state index in [4.69, 9.17) is 0 Å². The SMILES string of the molecule is CCCCCS(=O)(=O)c1ccc2c(c1)[C@H]1C=CC[C@H]1[C@@H](c1ccc(Br)cc1)N2. The van der Waals surface area contributed by atoms with Gasteiger partial charge in [-0.1, -0.05) is 60.0 Å². The third-order valence-corrected chi connectivity index (χ3v) is 8.27. The van der Waals surface area contributed by atoms with Gasteiger partial charge in [-0.25, -0.2) is 8.42 Å². The third kappa shape index (κ3) is 3.79. The van der Waals surface area contributed by atoms with Crippen LogP contribution in [0.4, 0.5) is 5.69 Å². The summed E-state index contributed by atoms with van der Waals surface area (Å²) in [5.41, 5.74) is 3.43. The van der Waals surface area contributed by atoms with Crippen molar-refractivity contribution < 1.29 is 8.42 Å². The van der Waals surface area contributed by atoms with Crippen LogP contribution in [-0.2, 0) is 9.84 Å². The predicted molar refractivity (Wildman–Crippen MR) is 119 cm³/mol. The monoisotopic (exact) mass is 459 g/mol. The average Bonchev–Trinajstić information content (AvgIpc) is 3.18. The fourth-order valence-electron chi connectivity index (χ4n) is 4.43. The molecular formula is C23H26BrNO2S. The molecule has 0 saturated heterocycles. The standard InChI is InChI=1S/C23H26BrNO2S/c1-2-3-4-14-28(26,27)18-12-13-22-21(15-18)19-6-5-7-20(19)23(25-22)16-8-10-17(24)11-9-16/h5-6,8-13,15,19-20,23,25H,2-4,7,14H2,1H3/t19-,20+,23+/m0/s1. The second kappa shape index (κ2) is 8.03. The number of benzene rings is 2. The van der Waals surface area contributed by atoms with Gasteiger partial charge < -0.3 is 5.32 Å². The summed E-state index contributed by atoms with van der Waals surface area (Å²) in [6, 6.07) is 14.3. The van der Waals surface area contributed by atoms with Gasteiger partial charge in [-0.3, -0.25) is 0 Å². The van der Waals surface area contributed by atoms with Crippen molar-refractivity contribution in [1.29, 1.82) is 0 Å². The van der Waals surface area contributed by atoms with Gasteiger partial charge in [0, 0.05) is 16.1 Å². The first-order valence-corrected chi connectivity index (χ1v) is 12.5. The average molecular weight is 460 g/mol. The lowest BCUT2D eigenvalue weighted by molar-refractivity contribution is 0.425. The molecule has 4 rings (SSSR count). The largest absolute Gasteiger partial charge is 0.378 e. The Morgan fingerprint density at radius 2 is 1.89 bits per heavy atom. The van der Waals surface area contributed by atoms with Crippen LogP contribution in [0.1, 0.15) is 55.7 Å². The second-order valence-electron chi connectivity index (χ2n) is 7.80. The van der Waals surface area contributed by atoms with Gasteiger partial charge in [-0.15, -0.1) is 0 Å². The summed E-state index contributed by atoms with van der Waals surface area (Å²) in [6.07, 6.45) is 8.20. The molecular weight excluding hydrogens is 434 g/mol. The molecule has 148 valence electrons. The Morgan fingerprint density at radius 3 is 2.64 bits per heavy atom. The van der Waals surface area contributed by atoms with Crippen LogP contribution in [0, 0.1) is 5.92 Å². The molecule has 3 atom stereocenters. The summed E-state index contributed by atoms with van der Waals surface area (Å²) < 4.78 is 26.6. The Bertz CT molecular complexity index is 982. The van der Waals surface area contributed by atoms with Crippen LogP contribution in [0.2, 0.25) is 0 Å². The Balaban J connectivity index is 1.66. The van der Waals surface area contributed by atoms with E-state index in [1.54, 1.807) is 6.07 Å². The summed E-state index contributed by atoms with van der Waals surface area (Å²) in [4.78, 5) is 0.463. The molecule has 5 heteroatoms. The maximum Gasteiger partial charge on any atom is 0.178 e. The molecule has 0 fully saturated rings. The number of halogens is 1. The van der Waals surface area contributed by atoms with E-state index in [0.717, 1.165) is 41.4 Å². The number of fused-ring (bicyclic) bond motifs is 3. The number of anilines is 1. The van der Waals surface area contributed by atoms with Crippen LogP contribution >= 0.6 is 15.9 Å². The van der Waals surface area contributed by atoms with Crippen molar-refractivity contribution >= 4 is 31.5 Å². The van der Waals surface area contributed by atoms with Crippen LogP contribution < -0.4 is 5.32 Å². The fourth-order valence-corrected chi connectivity index (χ4v) is 6.09. The zero-order chi connectivity index (χ0) is 19.7. The molecule has 0 radical (unpaired) electrons. The maximum absolute atomic E-state index is 12.8. The molecule has 1 aliphatic heterocycles. The zero-order valence-electron chi connectivity index (χ0n) is 16.1. The molecule has 2 aromatic rings. The molecule has 2 aromatic carbocycles. The molecule has 0 spiro atoms. The molecule has 1 heterocycles. The summed E-state index contributed by atoms with van der Waals surface area (Å²) in [5.74, 6) is 0.904. The number of hydrogen-bond donors (Lipinski definition) is 1. The number of allylic oxidation sites excluding steroid dienone is 2. The van der Waals surface area contributed by atoms with Crippen LogP contribution in [0.25, 0.3) is 0 Å². The number of rotatable bonds is 6. The topological polar surface area (TPSA) is 46.2 Å². The number of unbranched alkanes of at least 4 members (excludes halogenated alkanes) is 2. The normalized spacial score (nSPS) is 23.1. The highest BCUT2D eigenvalue weighted by Gasteiger charge is 2.38. The smallest absolute Gasteiger partial charge is 0.178 e. The van der Waals surface area contributed by atoms with E-state index in [0.29, 0.717) is 10.8 Å². The lowest BCUT2D eigenvalue weighted by Crippen LogP contribution is -2.29. The molecule has 1 aliphatic carbocycles. The first-order valence-electron chi connectivity index (χ1n) is 10.0. The van der Waals surface area contributed by atoms with Crippen LogP contribution in [-0.4, -0.2) is 14.2 Å². The minimum absolute atomic E-state index is 0.229. The predicted octanol–water partition coefficient (Wildman–Crippen LogP) is 6.24. The van der Waals surface area contributed by atoms with Crippen molar-refractivity contribution in [2.45, 2.75) is 49.5 Å². The van der Waals surface area contributed by atoms with Crippen molar-refractivity contribution in [3.05, 3.63) is 70.2 Å². The van der Waals surface area contributed by atoms with E-state index >= 15 is 0 Å². The van der Waals surface area contributed by atoms with Crippen molar-refractivity contribution in [3.63, 3.8) is 0 Å². The van der Waals surface area contributed by atoms with Gasteiger partial charge >= 0.3 is 0 Å². The van der Waals surface area contributed by atoms with Gasteiger partial charge in [-0.05, 0) is 60.2 Å². The highest BCUT2D eigenvalue weighted by Crippen LogP contribution is 2.50. The van der Waals surface area contributed by atoms with Crippen molar-refractivity contribution in [3.8, 4) is 0 Å². The molecule has 0 saturated carbocycles. The lowest BCUT2D eigenvalue weighted by Gasteiger charge is -2.37. The maximum atomic E-state index is 12.8. The highest BCUT2D eigenvalue weighted by atomic mass is 79.9. The highest BCUT2D eigenvalue weighted by molar-refractivity contribution is 9.10. The van der Waals surface area contributed by atoms with E-state index in [2.05, 4.69) is 64.6 Å². The van der Waals surface area contributed by atoms with Crippen LogP contribution in [0.5, 0.6) is 0 Å². The van der Waals surface area contributed by atoms with Crippen molar-refractivity contribution in [2.24, 2.45) is 5.92 Å². The zero-order valence-corrected chi connectivity index (χ0v) is 18.5. The third-order valence-electron chi connectivity index (χ3n) is 5.94.